The van der Waals surface area contributed by atoms with Crippen LogP contribution in [0.2, 0.25) is 0 Å². The zero-order chi connectivity index (χ0) is 15.4. The summed E-state index contributed by atoms with van der Waals surface area (Å²) >= 11 is 0. The Hall–Kier alpha value is -3.07. The third-order valence-electron chi connectivity index (χ3n) is 3.19. The van der Waals surface area contributed by atoms with Crippen molar-refractivity contribution in [1.82, 2.24) is 0 Å². The highest BCUT2D eigenvalue weighted by Crippen LogP contribution is 2.37. The predicted molar refractivity (Wildman–Crippen MR) is 81.9 cm³/mol. The van der Waals surface area contributed by atoms with Gasteiger partial charge >= 0.3 is 5.69 Å². The SMILES string of the molecule is CNc1cccc(N(C)c2cccc(C#N)c2)c1[N+](=O)[O-]. The molecule has 0 saturated heterocycles. The molecule has 2 aromatic carbocycles. The van der Waals surface area contributed by atoms with Crippen LogP contribution < -0.4 is 10.2 Å². The molecule has 0 aromatic heterocycles. The molecule has 2 rings (SSSR count). The van der Waals surface area contributed by atoms with Crippen LogP contribution in [0, 0.1) is 21.4 Å². The maximum atomic E-state index is 11.3. The van der Waals surface area contributed by atoms with E-state index in [1.807, 2.05) is 0 Å². The Labute approximate surface area is 122 Å². The summed E-state index contributed by atoms with van der Waals surface area (Å²) < 4.78 is 0. The van der Waals surface area contributed by atoms with Crippen LogP contribution in [0.4, 0.5) is 22.7 Å². The number of para-hydroxylation sites is 1. The normalized spacial score (nSPS) is 9.76. The van der Waals surface area contributed by atoms with Crippen LogP contribution in [-0.2, 0) is 0 Å². The zero-order valence-electron chi connectivity index (χ0n) is 11.7. The van der Waals surface area contributed by atoms with Gasteiger partial charge in [-0.2, -0.15) is 5.26 Å². The molecule has 106 valence electrons. The molecule has 0 aliphatic heterocycles. The average molecular weight is 282 g/mol. The molecule has 0 amide bonds. The van der Waals surface area contributed by atoms with E-state index in [0.717, 1.165) is 0 Å². The Kier molecular flexibility index (Phi) is 4.05. The number of anilines is 3. The van der Waals surface area contributed by atoms with Crippen LogP contribution in [0.3, 0.4) is 0 Å². The van der Waals surface area contributed by atoms with Crippen molar-refractivity contribution in [2.75, 3.05) is 24.3 Å². The second kappa shape index (κ2) is 5.92. The molecule has 21 heavy (non-hydrogen) atoms. The van der Waals surface area contributed by atoms with Crippen molar-refractivity contribution in [3.05, 3.63) is 58.1 Å². The van der Waals surface area contributed by atoms with Crippen LogP contribution in [0.5, 0.6) is 0 Å². The Morgan fingerprint density at radius 2 is 2.00 bits per heavy atom. The van der Waals surface area contributed by atoms with Gasteiger partial charge < -0.3 is 10.2 Å². The molecule has 0 radical (unpaired) electrons. The third kappa shape index (κ3) is 2.77. The van der Waals surface area contributed by atoms with Crippen molar-refractivity contribution < 1.29 is 4.92 Å². The van der Waals surface area contributed by atoms with E-state index in [2.05, 4.69) is 11.4 Å². The molecule has 0 heterocycles. The monoisotopic (exact) mass is 282 g/mol. The number of nitro groups is 1. The lowest BCUT2D eigenvalue weighted by atomic mass is 10.1. The summed E-state index contributed by atoms with van der Waals surface area (Å²) in [6, 6.07) is 14.1. The van der Waals surface area contributed by atoms with Crippen molar-refractivity contribution >= 4 is 22.7 Å². The summed E-state index contributed by atoms with van der Waals surface area (Å²) in [5.74, 6) is 0. The lowest BCUT2D eigenvalue weighted by Crippen LogP contribution is -2.12. The molecular weight excluding hydrogens is 268 g/mol. The smallest absolute Gasteiger partial charge is 0.315 e. The summed E-state index contributed by atoms with van der Waals surface area (Å²) in [5, 5.41) is 23.1. The van der Waals surface area contributed by atoms with Crippen molar-refractivity contribution in [1.29, 1.82) is 5.26 Å². The molecule has 0 bridgehead atoms. The van der Waals surface area contributed by atoms with Crippen molar-refractivity contribution in [3.8, 4) is 6.07 Å². The molecule has 0 spiro atoms. The van der Waals surface area contributed by atoms with Gasteiger partial charge in [-0.15, -0.1) is 0 Å². The van der Waals surface area contributed by atoms with Gasteiger partial charge in [-0.3, -0.25) is 10.1 Å². The minimum absolute atomic E-state index is 0.00450. The fraction of sp³-hybridized carbons (Fsp3) is 0.133. The number of nitro benzene ring substituents is 1. The lowest BCUT2D eigenvalue weighted by Gasteiger charge is -2.20. The fourth-order valence-electron chi connectivity index (χ4n) is 2.12. The van der Waals surface area contributed by atoms with Gasteiger partial charge in [0.1, 0.15) is 11.4 Å². The lowest BCUT2D eigenvalue weighted by molar-refractivity contribution is -0.383. The second-order valence-corrected chi connectivity index (χ2v) is 4.40. The van der Waals surface area contributed by atoms with Crippen LogP contribution in [0.25, 0.3) is 0 Å². The molecule has 6 heteroatoms. The van der Waals surface area contributed by atoms with Gasteiger partial charge in [0.2, 0.25) is 0 Å². The number of nitriles is 1. The first kappa shape index (κ1) is 14.3. The van der Waals surface area contributed by atoms with E-state index in [-0.39, 0.29) is 5.69 Å². The van der Waals surface area contributed by atoms with Gasteiger partial charge in [0.15, 0.2) is 0 Å². The number of hydrogen-bond acceptors (Lipinski definition) is 5. The van der Waals surface area contributed by atoms with E-state index >= 15 is 0 Å². The van der Waals surface area contributed by atoms with E-state index in [4.69, 9.17) is 5.26 Å². The van der Waals surface area contributed by atoms with Crippen molar-refractivity contribution in [3.63, 3.8) is 0 Å². The first-order valence-electron chi connectivity index (χ1n) is 6.27. The number of hydrogen-bond donors (Lipinski definition) is 1. The Morgan fingerprint density at radius 3 is 2.62 bits per heavy atom. The molecule has 6 nitrogen and oxygen atoms in total. The van der Waals surface area contributed by atoms with E-state index in [1.165, 1.54) is 0 Å². The summed E-state index contributed by atoms with van der Waals surface area (Å²) in [5.41, 5.74) is 2.13. The maximum absolute atomic E-state index is 11.3. The summed E-state index contributed by atoms with van der Waals surface area (Å²) in [4.78, 5) is 12.6. The molecule has 0 aliphatic carbocycles. The molecular formula is C15H14N4O2. The highest BCUT2D eigenvalue weighted by molar-refractivity contribution is 5.80. The fourth-order valence-corrected chi connectivity index (χ4v) is 2.12. The molecule has 2 aromatic rings. The number of nitrogens with zero attached hydrogens (tertiary/aromatic N) is 3. The Morgan fingerprint density at radius 1 is 1.29 bits per heavy atom. The Balaban J connectivity index is 2.55. The van der Waals surface area contributed by atoms with E-state index in [1.54, 1.807) is 61.5 Å². The average Bonchev–Trinajstić information content (AvgIpc) is 2.53. The number of benzene rings is 2. The van der Waals surface area contributed by atoms with Gasteiger partial charge in [0.05, 0.1) is 16.6 Å². The minimum atomic E-state index is -0.411. The molecule has 0 saturated carbocycles. The third-order valence-corrected chi connectivity index (χ3v) is 3.19. The number of nitrogens with one attached hydrogen (secondary N) is 1. The quantitative estimate of drug-likeness (QED) is 0.687. The molecule has 0 unspecified atom stereocenters. The van der Waals surface area contributed by atoms with Crippen LogP contribution in [0.15, 0.2) is 42.5 Å². The summed E-state index contributed by atoms with van der Waals surface area (Å²) in [6.45, 7) is 0. The van der Waals surface area contributed by atoms with E-state index < -0.39 is 4.92 Å². The predicted octanol–water partition coefficient (Wildman–Crippen LogP) is 3.28. The van der Waals surface area contributed by atoms with Gasteiger partial charge in [-0.1, -0.05) is 12.1 Å². The standard InChI is InChI=1S/C15H14N4O2/c1-17-13-7-4-8-14(15(13)19(20)21)18(2)12-6-3-5-11(9-12)10-16/h3-9,17H,1-2H3. The van der Waals surface area contributed by atoms with Crippen LogP contribution in [-0.4, -0.2) is 19.0 Å². The minimum Gasteiger partial charge on any atom is -0.382 e. The van der Waals surface area contributed by atoms with Gasteiger partial charge in [0, 0.05) is 19.8 Å². The topological polar surface area (TPSA) is 82.2 Å². The first-order chi connectivity index (χ1) is 10.1. The summed E-state index contributed by atoms with van der Waals surface area (Å²) in [7, 11) is 3.38. The number of rotatable bonds is 4. The van der Waals surface area contributed by atoms with E-state index in [9.17, 15) is 10.1 Å². The molecule has 1 N–H and O–H groups in total. The van der Waals surface area contributed by atoms with Crippen LogP contribution >= 0.6 is 0 Å². The van der Waals surface area contributed by atoms with Crippen molar-refractivity contribution in [2.24, 2.45) is 0 Å². The van der Waals surface area contributed by atoms with E-state index in [0.29, 0.717) is 22.6 Å². The van der Waals surface area contributed by atoms with Gasteiger partial charge in [-0.05, 0) is 30.3 Å². The largest absolute Gasteiger partial charge is 0.382 e. The van der Waals surface area contributed by atoms with Crippen LogP contribution in [0.1, 0.15) is 5.56 Å². The highest BCUT2D eigenvalue weighted by atomic mass is 16.6. The maximum Gasteiger partial charge on any atom is 0.315 e. The molecule has 0 aliphatic rings. The van der Waals surface area contributed by atoms with Crippen molar-refractivity contribution in [2.45, 2.75) is 0 Å². The van der Waals surface area contributed by atoms with Gasteiger partial charge in [0.25, 0.3) is 0 Å². The molecule has 0 fully saturated rings. The molecule has 0 atom stereocenters. The highest BCUT2D eigenvalue weighted by Gasteiger charge is 2.22. The first-order valence-corrected chi connectivity index (χ1v) is 6.27. The summed E-state index contributed by atoms with van der Waals surface area (Å²) in [6.07, 6.45) is 0. The second-order valence-electron chi connectivity index (χ2n) is 4.40. The van der Waals surface area contributed by atoms with Gasteiger partial charge in [-0.25, -0.2) is 0 Å². The Bertz CT molecular complexity index is 722. The zero-order valence-corrected chi connectivity index (χ0v) is 11.7.